The van der Waals surface area contributed by atoms with Crippen LogP contribution in [0.15, 0.2) is 0 Å². The SMILES string of the molecule is CCCN1C(=O)CN(S(=O)(=O)OCC(Cl)(Cl)Cl)C1=O. The van der Waals surface area contributed by atoms with Crippen molar-refractivity contribution in [2.24, 2.45) is 0 Å². The predicted octanol–water partition coefficient (Wildman–Crippen LogP) is 1.29. The van der Waals surface area contributed by atoms with E-state index in [1.165, 1.54) is 0 Å². The Balaban J connectivity index is 2.81. The fourth-order valence-corrected chi connectivity index (χ4v) is 2.71. The summed E-state index contributed by atoms with van der Waals surface area (Å²) in [5.74, 6) is -0.618. The molecule has 0 unspecified atom stereocenters. The van der Waals surface area contributed by atoms with Crippen LogP contribution in [0.2, 0.25) is 0 Å². The Morgan fingerprint density at radius 2 is 1.89 bits per heavy atom. The molecule has 0 aromatic carbocycles. The van der Waals surface area contributed by atoms with E-state index in [2.05, 4.69) is 4.18 Å². The average Bonchev–Trinajstić information content (AvgIpc) is 2.55. The highest BCUT2D eigenvalue weighted by Crippen LogP contribution is 2.27. The molecule has 1 aliphatic rings. The number of urea groups is 1. The number of hydrogen-bond acceptors (Lipinski definition) is 5. The first-order chi connectivity index (χ1) is 8.58. The molecule has 0 saturated carbocycles. The standard InChI is InChI=1S/C8H11Cl3N2O5S/c1-2-3-12-6(14)4-13(7(12)15)19(16,17)18-5-8(9,10)11/h2-5H2,1H3. The van der Waals surface area contributed by atoms with Crippen LogP contribution in [0, 0.1) is 0 Å². The molecule has 7 nitrogen and oxygen atoms in total. The number of imide groups is 1. The van der Waals surface area contributed by atoms with Crippen LogP contribution in [0.25, 0.3) is 0 Å². The van der Waals surface area contributed by atoms with Gasteiger partial charge < -0.3 is 0 Å². The summed E-state index contributed by atoms with van der Waals surface area (Å²) in [5.41, 5.74) is 0. The van der Waals surface area contributed by atoms with E-state index in [1.807, 2.05) is 0 Å². The summed E-state index contributed by atoms with van der Waals surface area (Å²) in [6.07, 6.45) is 0.514. The number of rotatable bonds is 5. The van der Waals surface area contributed by atoms with Crippen LogP contribution < -0.4 is 0 Å². The Bertz CT molecular complexity index is 475. The molecule has 1 fully saturated rings. The lowest BCUT2D eigenvalue weighted by Crippen LogP contribution is -2.38. The number of amides is 3. The Hall–Kier alpha value is -0.280. The monoisotopic (exact) mass is 352 g/mol. The third-order valence-corrected chi connectivity index (χ3v) is 3.68. The molecule has 0 bridgehead atoms. The second-order valence-corrected chi connectivity index (χ2v) is 7.72. The molecular formula is C8H11Cl3N2O5S. The highest BCUT2D eigenvalue weighted by molar-refractivity contribution is 7.85. The first-order valence-corrected chi connectivity index (χ1v) is 7.66. The van der Waals surface area contributed by atoms with Crippen LogP contribution in [0.4, 0.5) is 4.79 Å². The largest absolute Gasteiger partial charge is 0.366 e. The van der Waals surface area contributed by atoms with Crippen LogP contribution in [-0.4, -0.2) is 53.1 Å². The highest BCUT2D eigenvalue weighted by Gasteiger charge is 2.43. The molecule has 110 valence electrons. The molecule has 1 rings (SSSR count). The lowest BCUT2D eigenvalue weighted by Gasteiger charge is -2.17. The zero-order chi connectivity index (χ0) is 14.8. The molecule has 1 saturated heterocycles. The molecule has 0 aliphatic carbocycles. The van der Waals surface area contributed by atoms with Gasteiger partial charge in [0.25, 0.3) is 5.91 Å². The summed E-state index contributed by atoms with van der Waals surface area (Å²) in [6.45, 7) is 0.512. The van der Waals surface area contributed by atoms with Crippen LogP contribution in [0.3, 0.4) is 0 Å². The average molecular weight is 354 g/mol. The van der Waals surface area contributed by atoms with Gasteiger partial charge in [-0.3, -0.25) is 9.69 Å². The van der Waals surface area contributed by atoms with Crippen molar-refractivity contribution in [3.05, 3.63) is 0 Å². The van der Waals surface area contributed by atoms with Crippen LogP contribution in [0.1, 0.15) is 13.3 Å². The minimum absolute atomic E-state index is 0.133. The quantitative estimate of drug-likeness (QED) is 0.549. The van der Waals surface area contributed by atoms with E-state index in [1.54, 1.807) is 6.92 Å². The third kappa shape index (κ3) is 4.35. The topological polar surface area (TPSA) is 84.0 Å². The Morgan fingerprint density at radius 1 is 1.32 bits per heavy atom. The summed E-state index contributed by atoms with van der Waals surface area (Å²) in [5, 5.41) is 0. The Morgan fingerprint density at radius 3 is 2.37 bits per heavy atom. The minimum Gasteiger partial charge on any atom is -0.272 e. The van der Waals surface area contributed by atoms with Gasteiger partial charge in [-0.05, 0) is 6.42 Å². The fraction of sp³-hybridized carbons (Fsp3) is 0.750. The first kappa shape index (κ1) is 16.8. The van der Waals surface area contributed by atoms with Gasteiger partial charge in [0.05, 0.1) is 0 Å². The number of halogens is 3. The maximum absolute atomic E-state index is 11.7. The van der Waals surface area contributed by atoms with E-state index in [0.29, 0.717) is 10.7 Å². The van der Waals surface area contributed by atoms with Crippen molar-refractivity contribution >= 4 is 57.0 Å². The number of hydrogen-bond donors (Lipinski definition) is 0. The van der Waals surface area contributed by atoms with Crippen LogP contribution in [0.5, 0.6) is 0 Å². The number of carbonyl (C=O) groups is 2. The summed E-state index contributed by atoms with van der Waals surface area (Å²) in [7, 11) is -4.46. The van der Waals surface area contributed by atoms with E-state index in [-0.39, 0.29) is 6.54 Å². The van der Waals surface area contributed by atoms with Crippen molar-refractivity contribution < 1.29 is 22.2 Å². The number of alkyl halides is 3. The van der Waals surface area contributed by atoms with Gasteiger partial charge >= 0.3 is 16.3 Å². The number of carbonyl (C=O) groups excluding carboxylic acids is 2. The molecule has 0 aromatic rings. The molecular weight excluding hydrogens is 343 g/mol. The van der Waals surface area contributed by atoms with Crippen molar-refractivity contribution in [2.75, 3.05) is 19.7 Å². The molecule has 0 radical (unpaired) electrons. The second kappa shape index (κ2) is 6.01. The molecule has 0 aromatic heterocycles. The van der Waals surface area contributed by atoms with Crippen molar-refractivity contribution in [2.45, 2.75) is 17.1 Å². The zero-order valence-electron chi connectivity index (χ0n) is 9.81. The van der Waals surface area contributed by atoms with Crippen molar-refractivity contribution in [1.82, 2.24) is 9.21 Å². The summed E-state index contributed by atoms with van der Waals surface area (Å²) < 4.78 is 26.2. The zero-order valence-corrected chi connectivity index (χ0v) is 12.9. The van der Waals surface area contributed by atoms with Crippen molar-refractivity contribution in [1.29, 1.82) is 0 Å². The van der Waals surface area contributed by atoms with Gasteiger partial charge in [0, 0.05) is 6.54 Å². The Labute approximate surface area is 125 Å². The normalized spacial score (nSPS) is 17.5. The maximum Gasteiger partial charge on any atom is 0.366 e. The third-order valence-electron chi connectivity index (χ3n) is 2.11. The molecule has 1 aliphatic heterocycles. The van der Waals surface area contributed by atoms with Gasteiger partial charge in [-0.25, -0.2) is 8.98 Å². The van der Waals surface area contributed by atoms with Crippen molar-refractivity contribution in [3.8, 4) is 0 Å². The van der Waals surface area contributed by atoms with E-state index < -0.39 is 39.2 Å². The van der Waals surface area contributed by atoms with Crippen molar-refractivity contribution in [3.63, 3.8) is 0 Å². The van der Waals surface area contributed by atoms with E-state index in [4.69, 9.17) is 34.8 Å². The van der Waals surface area contributed by atoms with E-state index >= 15 is 0 Å². The lowest BCUT2D eigenvalue weighted by molar-refractivity contribution is -0.125. The number of nitrogens with zero attached hydrogens (tertiary/aromatic N) is 2. The van der Waals surface area contributed by atoms with Gasteiger partial charge in [-0.2, -0.15) is 12.7 Å². The molecule has 1 heterocycles. The first-order valence-electron chi connectivity index (χ1n) is 5.16. The predicted molar refractivity (Wildman–Crippen MR) is 69.3 cm³/mol. The second-order valence-electron chi connectivity index (χ2n) is 3.67. The molecule has 19 heavy (non-hydrogen) atoms. The Kier molecular flexibility index (Phi) is 5.30. The molecule has 0 N–H and O–H groups in total. The van der Waals surface area contributed by atoms with E-state index in [0.717, 1.165) is 4.90 Å². The molecule has 0 atom stereocenters. The van der Waals surface area contributed by atoms with Gasteiger partial charge in [-0.1, -0.05) is 41.7 Å². The fourth-order valence-electron chi connectivity index (χ4n) is 1.34. The van der Waals surface area contributed by atoms with E-state index in [9.17, 15) is 18.0 Å². The summed E-state index contributed by atoms with van der Waals surface area (Å²) in [6, 6.07) is -0.962. The van der Waals surface area contributed by atoms with Gasteiger partial charge in [0.2, 0.25) is 3.79 Å². The van der Waals surface area contributed by atoms with Crippen LogP contribution >= 0.6 is 34.8 Å². The molecule has 11 heteroatoms. The van der Waals surface area contributed by atoms with Crippen LogP contribution in [-0.2, 0) is 19.3 Å². The van der Waals surface area contributed by atoms with Gasteiger partial charge in [0.1, 0.15) is 13.2 Å². The maximum atomic E-state index is 11.7. The smallest absolute Gasteiger partial charge is 0.272 e. The molecule has 3 amide bonds. The summed E-state index contributed by atoms with van der Waals surface area (Å²) in [4.78, 5) is 24.1. The summed E-state index contributed by atoms with van der Waals surface area (Å²) >= 11 is 16.0. The lowest BCUT2D eigenvalue weighted by atomic mass is 10.4. The van der Waals surface area contributed by atoms with Gasteiger partial charge in [-0.15, -0.1) is 0 Å². The molecule has 0 spiro atoms. The highest BCUT2D eigenvalue weighted by atomic mass is 35.6. The van der Waals surface area contributed by atoms with Gasteiger partial charge in [0.15, 0.2) is 0 Å². The minimum atomic E-state index is -4.46.